The van der Waals surface area contributed by atoms with Crippen LogP contribution in [0.2, 0.25) is 0 Å². The molecule has 1 aromatic carbocycles. The zero-order valence-electron chi connectivity index (χ0n) is 8.04. The number of hydrogen-bond acceptors (Lipinski definition) is 2. The molecule has 0 atom stereocenters. The van der Waals surface area contributed by atoms with Crippen LogP contribution in [0.1, 0.15) is 5.56 Å². The number of benzene rings is 1. The maximum Gasteiger partial charge on any atom is 0.135 e. The number of halogens is 2. The van der Waals surface area contributed by atoms with Gasteiger partial charge in [0.25, 0.3) is 0 Å². The smallest absolute Gasteiger partial charge is 0.135 e. The molecular weight excluding hydrogens is 198 g/mol. The Bertz CT molecular complexity index is 460. The third-order valence-electron chi connectivity index (χ3n) is 2.09. The molecule has 0 unspecified atom stereocenters. The van der Waals surface area contributed by atoms with Crippen molar-refractivity contribution in [3.63, 3.8) is 0 Å². The summed E-state index contributed by atoms with van der Waals surface area (Å²) in [4.78, 5) is 7.67. The van der Waals surface area contributed by atoms with E-state index in [0.717, 1.165) is 6.07 Å². The van der Waals surface area contributed by atoms with Gasteiger partial charge in [-0.05, 0) is 24.6 Å². The van der Waals surface area contributed by atoms with Crippen molar-refractivity contribution in [1.29, 1.82) is 0 Å². The second-order valence-electron chi connectivity index (χ2n) is 3.17. The van der Waals surface area contributed by atoms with Gasteiger partial charge in [0.05, 0.1) is 5.69 Å². The van der Waals surface area contributed by atoms with Gasteiger partial charge in [-0.2, -0.15) is 0 Å². The van der Waals surface area contributed by atoms with E-state index in [1.54, 1.807) is 13.0 Å². The lowest BCUT2D eigenvalue weighted by Gasteiger charge is -2.06. The standard InChI is InChI=1S/C11H8F2N2/c1-7-4-8(12)5-9(13)11(7)10-2-3-14-6-15-10/h2-6H,1H3. The summed E-state index contributed by atoms with van der Waals surface area (Å²) in [6.45, 7) is 1.64. The van der Waals surface area contributed by atoms with Crippen LogP contribution in [-0.2, 0) is 0 Å². The van der Waals surface area contributed by atoms with E-state index >= 15 is 0 Å². The van der Waals surface area contributed by atoms with Gasteiger partial charge in [0.2, 0.25) is 0 Å². The van der Waals surface area contributed by atoms with Crippen molar-refractivity contribution in [2.45, 2.75) is 6.92 Å². The molecule has 0 saturated heterocycles. The molecule has 0 aliphatic rings. The maximum absolute atomic E-state index is 13.5. The minimum Gasteiger partial charge on any atom is -0.245 e. The number of aromatic nitrogens is 2. The molecule has 15 heavy (non-hydrogen) atoms. The Morgan fingerprint density at radius 1 is 1.20 bits per heavy atom. The van der Waals surface area contributed by atoms with E-state index in [0.29, 0.717) is 16.8 Å². The molecule has 0 saturated carbocycles. The minimum atomic E-state index is -0.605. The van der Waals surface area contributed by atoms with Crippen LogP contribution in [0, 0.1) is 18.6 Å². The number of aryl methyl sites for hydroxylation is 1. The summed E-state index contributed by atoms with van der Waals surface area (Å²) in [6, 6.07) is 3.72. The van der Waals surface area contributed by atoms with Crippen LogP contribution in [-0.4, -0.2) is 9.97 Å². The van der Waals surface area contributed by atoms with E-state index < -0.39 is 11.6 Å². The SMILES string of the molecule is Cc1cc(F)cc(F)c1-c1ccncn1. The zero-order chi connectivity index (χ0) is 10.8. The quantitative estimate of drug-likeness (QED) is 0.716. The van der Waals surface area contributed by atoms with Gasteiger partial charge in [0.1, 0.15) is 18.0 Å². The topological polar surface area (TPSA) is 25.8 Å². The van der Waals surface area contributed by atoms with Gasteiger partial charge in [-0.1, -0.05) is 0 Å². The first kappa shape index (κ1) is 9.71. The molecule has 0 amide bonds. The zero-order valence-corrected chi connectivity index (χ0v) is 8.04. The van der Waals surface area contributed by atoms with Crippen LogP contribution in [0.4, 0.5) is 8.78 Å². The predicted molar refractivity (Wildman–Crippen MR) is 52.1 cm³/mol. The van der Waals surface area contributed by atoms with Crippen LogP contribution in [0.25, 0.3) is 11.3 Å². The molecule has 2 nitrogen and oxygen atoms in total. The lowest BCUT2D eigenvalue weighted by Crippen LogP contribution is -1.93. The second-order valence-corrected chi connectivity index (χ2v) is 3.17. The molecule has 0 radical (unpaired) electrons. The Morgan fingerprint density at radius 3 is 2.60 bits per heavy atom. The molecule has 2 aromatic rings. The average molecular weight is 206 g/mol. The minimum absolute atomic E-state index is 0.318. The van der Waals surface area contributed by atoms with E-state index in [2.05, 4.69) is 9.97 Å². The predicted octanol–water partition coefficient (Wildman–Crippen LogP) is 2.73. The summed E-state index contributed by atoms with van der Waals surface area (Å²) in [7, 11) is 0. The largest absolute Gasteiger partial charge is 0.245 e. The summed E-state index contributed by atoms with van der Waals surface area (Å²) >= 11 is 0. The van der Waals surface area contributed by atoms with Crippen LogP contribution in [0.3, 0.4) is 0 Å². The average Bonchev–Trinajstić information content (AvgIpc) is 2.17. The van der Waals surface area contributed by atoms with E-state index in [-0.39, 0.29) is 0 Å². The summed E-state index contributed by atoms with van der Waals surface area (Å²) in [5.41, 5.74) is 1.30. The van der Waals surface area contributed by atoms with Crippen LogP contribution < -0.4 is 0 Å². The van der Waals surface area contributed by atoms with Crippen molar-refractivity contribution < 1.29 is 8.78 Å². The lowest BCUT2D eigenvalue weighted by molar-refractivity contribution is 0.583. The highest BCUT2D eigenvalue weighted by atomic mass is 19.1. The fourth-order valence-electron chi connectivity index (χ4n) is 1.47. The van der Waals surface area contributed by atoms with Gasteiger partial charge >= 0.3 is 0 Å². The van der Waals surface area contributed by atoms with E-state index in [1.165, 1.54) is 18.6 Å². The fraction of sp³-hybridized carbons (Fsp3) is 0.0909. The summed E-state index contributed by atoms with van der Waals surface area (Å²) in [5.74, 6) is -1.19. The van der Waals surface area contributed by atoms with Crippen molar-refractivity contribution in [2.24, 2.45) is 0 Å². The second kappa shape index (κ2) is 3.73. The number of rotatable bonds is 1. The summed E-state index contributed by atoms with van der Waals surface area (Å²) < 4.78 is 26.3. The lowest BCUT2D eigenvalue weighted by atomic mass is 10.0. The van der Waals surface area contributed by atoms with Crippen LogP contribution in [0.15, 0.2) is 30.7 Å². The molecule has 0 N–H and O–H groups in total. The van der Waals surface area contributed by atoms with Crippen LogP contribution >= 0.6 is 0 Å². The normalized spacial score (nSPS) is 10.3. The van der Waals surface area contributed by atoms with Crippen molar-refractivity contribution in [1.82, 2.24) is 9.97 Å². The van der Waals surface area contributed by atoms with Gasteiger partial charge in [-0.25, -0.2) is 18.7 Å². The van der Waals surface area contributed by atoms with Gasteiger partial charge in [-0.3, -0.25) is 0 Å². The Kier molecular flexibility index (Phi) is 2.41. The highest BCUT2D eigenvalue weighted by molar-refractivity contribution is 5.63. The maximum atomic E-state index is 13.5. The molecule has 76 valence electrons. The van der Waals surface area contributed by atoms with Crippen LogP contribution in [0.5, 0.6) is 0 Å². The fourth-order valence-corrected chi connectivity index (χ4v) is 1.47. The first-order valence-electron chi connectivity index (χ1n) is 4.40. The van der Waals surface area contributed by atoms with Gasteiger partial charge < -0.3 is 0 Å². The molecule has 2 rings (SSSR count). The molecule has 0 fully saturated rings. The van der Waals surface area contributed by atoms with Crippen molar-refractivity contribution >= 4 is 0 Å². The van der Waals surface area contributed by atoms with Gasteiger partial charge in [0, 0.05) is 17.8 Å². The molecular formula is C11H8F2N2. The first-order valence-corrected chi connectivity index (χ1v) is 4.40. The molecule has 1 aromatic heterocycles. The highest BCUT2D eigenvalue weighted by Crippen LogP contribution is 2.25. The van der Waals surface area contributed by atoms with Crippen molar-refractivity contribution in [3.8, 4) is 11.3 Å². The number of nitrogens with zero attached hydrogens (tertiary/aromatic N) is 2. The summed E-state index contributed by atoms with van der Waals surface area (Å²) in [5, 5.41) is 0. The first-order chi connectivity index (χ1) is 7.18. The number of hydrogen-bond donors (Lipinski definition) is 0. The monoisotopic (exact) mass is 206 g/mol. The molecule has 0 aliphatic carbocycles. The molecule has 4 heteroatoms. The Labute approximate surface area is 85.6 Å². The Balaban J connectivity index is 2.64. The van der Waals surface area contributed by atoms with E-state index in [1.807, 2.05) is 0 Å². The van der Waals surface area contributed by atoms with Crippen molar-refractivity contribution in [3.05, 3.63) is 47.9 Å². The highest BCUT2D eigenvalue weighted by Gasteiger charge is 2.11. The summed E-state index contributed by atoms with van der Waals surface area (Å²) in [6.07, 6.45) is 2.85. The van der Waals surface area contributed by atoms with E-state index in [9.17, 15) is 8.78 Å². The third kappa shape index (κ3) is 1.83. The van der Waals surface area contributed by atoms with Crippen molar-refractivity contribution in [2.75, 3.05) is 0 Å². The Hall–Kier alpha value is -1.84. The van der Waals surface area contributed by atoms with E-state index in [4.69, 9.17) is 0 Å². The molecule has 0 bridgehead atoms. The Morgan fingerprint density at radius 2 is 2.00 bits per heavy atom. The van der Waals surface area contributed by atoms with Gasteiger partial charge in [0.15, 0.2) is 0 Å². The molecule has 0 spiro atoms. The molecule has 1 heterocycles. The molecule has 0 aliphatic heterocycles. The third-order valence-corrected chi connectivity index (χ3v) is 2.09. The van der Waals surface area contributed by atoms with Gasteiger partial charge in [-0.15, -0.1) is 0 Å².